The number of anilines is 1. The summed E-state index contributed by atoms with van der Waals surface area (Å²) in [5.74, 6) is 0.0613. The molecule has 1 heterocycles. The van der Waals surface area contributed by atoms with Gasteiger partial charge in [-0.05, 0) is 70.8 Å². The minimum atomic E-state index is 0.0613. The number of benzene rings is 1. The summed E-state index contributed by atoms with van der Waals surface area (Å²) in [6.45, 7) is 13.1. The van der Waals surface area contributed by atoms with E-state index in [9.17, 15) is 4.79 Å². The Morgan fingerprint density at radius 1 is 1.20 bits per heavy atom. The third kappa shape index (κ3) is 5.74. The molecule has 0 aromatic heterocycles. The lowest BCUT2D eigenvalue weighted by Gasteiger charge is -2.32. The molecule has 0 bridgehead atoms. The van der Waals surface area contributed by atoms with Gasteiger partial charge in [-0.3, -0.25) is 4.79 Å². The van der Waals surface area contributed by atoms with Crippen molar-refractivity contribution in [1.82, 2.24) is 10.2 Å². The molecule has 1 amide bonds. The van der Waals surface area contributed by atoms with Crippen LogP contribution in [0.3, 0.4) is 0 Å². The number of carbonyl (C=O) groups excluding carboxylic acids is 1. The van der Waals surface area contributed by atoms with Gasteiger partial charge in [0, 0.05) is 43.0 Å². The van der Waals surface area contributed by atoms with Gasteiger partial charge < -0.3 is 15.1 Å². The van der Waals surface area contributed by atoms with E-state index in [0.29, 0.717) is 12.1 Å². The number of rotatable bonds is 8. The van der Waals surface area contributed by atoms with E-state index in [1.54, 1.807) is 0 Å². The number of carbonyl (C=O) groups is 1. The molecule has 140 valence electrons. The highest BCUT2D eigenvalue weighted by atomic mass is 16.1. The average Bonchev–Trinajstić information content (AvgIpc) is 2.62. The summed E-state index contributed by atoms with van der Waals surface area (Å²) in [5.41, 5.74) is 1.94. The molecule has 0 atom stereocenters. The van der Waals surface area contributed by atoms with Crippen LogP contribution in [0, 0.1) is 0 Å². The van der Waals surface area contributed by atoms with Crippen molar-refractivity contribution >= 4 is 11.6 Å². The number of piperidine rings is 1. The first-order chi connectivity index (χ1) is 12.0. The average molecular weight is 346 g/mol. The molecule has 0 spiro atoms. The van der Waals surface area contributed by atoms with Gasteiger partial charge in [-0.25, -0.2) is 0 Å². The fourth-order valence-electron chi connectivity index (χ4n) is 3.60. The highest BCUT2D eigenvalue weighted by Crippen LogP contribution is 2.18. The Labute approximate surface area is 153 Å². The van der Waals surface area contributed by atoms with Gasteiger partial charge in [-0.1, -0.05) is 13.3 Å². The summed E-state index contributed by atoms with van der Waals surface area (Å²) in [5, 5.41) is 3.22. The Morgan fingerprint density at radius 2 is 1.84 bits per heavy atom. The highest BCUT2D eigenvalue weighted by molar-refractivity contribution is 5.94. The van der Waals surface area contributed by atoms with Gasteiger partial charge in [0.15, 0.2) is 0 Å². The molecule has 2 rings (SSSR count). The first kappa shape index (κ1) is 19.8. The molecule has 1 saturated heterocycles. The number of unbranched alkanes of at least 4 members (excludes halogenated alkanes) is 1. The Balaban J connectivity index is 1.85. The first-order valence-electron chi connectivity index (χ1n) is 9.95. The van der Waals surface area contributed by atoms with Gasteiger partial charge in [0.25, 0.3) is 5.91 Å². The third-order valence-electron chi connectivity index (χ3n) is 5.18. The van der Waals surface area contributed by atoms with Gasteiger partial charge in [0.2, 0.25) is 0 Å². The number of nitrogens with one attached hydrogen (secondary N) is 1. The number of hydrogen-bond acceptors (Lipinski definition) is 3. The maximum absolute atomic E-state index is 12.5. The van der Waals surface area contributed by atoms with Crippen molar-refractivity contribution in [3.8, 4) is 0 Å². The zero-order valence-corrected chi connectivity index (χ0v) is 16.4. The van der Waals surface area contributed by atoms with Crippen LogP contribution in [-0.2, 0) is 0 Å². The van der Waals surface area contributed by atoms with Crippen molar-refractivity contribution in [2.75, 3.05) is 31.1 Å². The van der Waals surface area contributed by atoms with Crippen LogP contribution in [-0.4, -0.2) is 49.1 Å². The van der Waals surface area contributed by atoms with Crippen LogP contribution in [0.4, 0.5) is 5.69 Å². The molecule has 0 radical (unpaired) electrons. The molecule has 0 saturated carbocycles. The predicted molar refractivity (Wildman–Crippen MR) is 106 cm³/mol. The van der Waals surface area contributed by atoms with Crippen LogP contribution in [0.25, 0.3) is 0 Å². The molecule has 1 aromatic rings. The highest BCUT2D eigenvalue weighted by Gasteiger charge is 2.20. The summed E-state index contributed by atoms with van der Waals surface area (Å²) in [6.07, 6.45) is 4.64. The monoisotopic (exact) mass is 345 g/mol. The lowest BCUT2D eigenvalue weighted by atomic mass is 10.0. The Kier molecular flexibility index (Phi) is 7.76. The molecule has 25 heavy (non-hydrogen) atoms. The minimum absolute atomic E-state index is 0.0613. The Morgan fingerprint density at radius 3 is 2.36 bits per heavy atom. The van der Waals surface area contributed by atoms with Gasteiger partial charge in [-0.2, -0.15) is 0 Å². The van der Waals surface area contributed by atoms with Crippen LogP contribution in [0.1, 0.15) is 63.7 Å². The molecule has 1 aliphatic rings. The minimum Gasteiger partial charge on any atom is -0.369 e. The van der Waals surface area contributed by atoms with Gasteiger partial charge >= 0.3 is 0 Å². The largest absolute Gasteiger partial charge is 0.369 e. The van der Waals surface area contributed by atoms with E-state index in [0.717, 1.165) is 38.0 Å². The molecule has 0 unspecified atom stereocenters. The summed E-state index contributed by atoms with van der Waals surface area (Å²) in [4.78, 5) is 17.4. The van der Waals surface area contributed by atoms with E-state index in [2.05, 4.69) is 54.9 Å². The zero-order chi connectivity index (χ0) is 18.2. The van der Waals surface area contributed by atoms with E-state index >= 15 is 0 Å². The van der Waals surface area contributed by atoms with Crippen LogP contribution >= 0.6 is 0 Å². The first-order valence-corrected chi connectivity index (χ1v) is 9.95. The molecule has 1 aromatic carbocycles. The van der Waals surface area contributed by atoms with E-state index in [-0.39, 0.29) is 5.91 Å². The summed E-state index contributed by atoms with van der Waals surface area (Å²) in [6, 6.07) is 8.80. The standard InChI is InChI=1S/C21H35N3O/c1-5-7-14-23-15-12-19(13-16-23)22-21(25)18-8-10-20(11-9-18)24(6-2)17(3)4/h8-11,17,19H,5-7,12-16H2,1-4H3,(H,22,25). The summed E-state index contributed by atoms with van der Waals surface area (Å²) >= 11 is 0. The Bertz CT molecular complexity index is 518. The topological polar surface area (TPSA) is 35.6 Å². The van der Waals surface area contributed by atoms with E-state index in [1.165, 1.54) is 25.1 Å². The SMILES string of the molecule is CCCCN1CCC(NC(=O)c2ccc(N(CC)C(C)C)cc2)CC1. The maximum Gasteiger partial charge on any atom is 0.251 e. The van der Waals surface area contributed by atoms with E-state index < -0.39 is 0 Å². The van der Waals surface area contributed by atoms with E-state index in [1.807, 2.05) is 12.1 Å². The lowest BCUT2D eigenvalue weighted by molar-refractivity contribution is 0.0911. The molecule has 1 fully saturated rings. The zero-order valence-electron chi connectivity index (χ0n) is 16.4. The quantitative estimate of drug-likeness (QED) is 0.776. The van der Waals surface area contributed by atoms with Crippen molar-refractivity contribution in [1.29, 1.82) is 0 Å². The van der Waals surface area contributed by atoms with Crippen molar-refractivity contribution < 1.29 is 4.79 Å². The number of likely N-dealkylation sites (tertiary alicyclic amines) is 1. The van der Waals surface area contributed by atoms with Crippen LogP contribution in [0.2, 0.25) is 0 Å². The van der Waals surface area contributed by atoms with Gasteiger partial charge in [0.05, 0.1) is 0 Å². The molecule has 4 nitrogen and oxygen atoms in total. The smallest absolute Gasteiger partial charge is 0.251 e. The van der Waals surface area contributed by atoms with Gasteiger partial charge in [-0.15, -0.1) is 0 Å². The number of hydrogen-bond donors (Lipinski definition) is 1. The molecular weight excluding hydrogens is 310 g/mol. The van der Waals surface area contributed by atoms with Crippen LogP contribution in [0.5, 0.6) is 0 Å². The second kappa shape index (κ2) is 9.81. The summed E-state index contributed by atoms with van der Waals surface area (Å²) in [7, 11) is 0. The Hall–Kier alpha value is -1.55. The molecule has 1 aliphatic heterocycles. The molecule has 1 N–H and O–H groups in total. The third-order valence-corrected chi connectivity index (χ3v) is 5.18. The van der Waals surface area contributed by atoms with Crippen LogP contribution in [0.15, 0.2) is 24.3 Å². The second-order valence-electron chi connectivity index (χ2n) is 7.37. The fraction of sp³-hybridized carbons (Fsp3) is 0.667. The summed E-state index contributed by atoms with van der Waals surface area (Å²) < 4.78 is 0. The second-order valence-corrected chi connectivity index (χ2v) is 7.37. The van der Waals surface area contributed by atoms with Crippen molar-refractivity contribution in [2.24, 2.45) is 0 Å². The lowest BCUT2D eigenvalue weighted by Crippen LogP contribution is -2.44. The molecular formula is C21H35N3O. The number of nitrogens with zero attached hydrogens (tertiary/aromatic N) is 2. The fourth-order valence-corrected chi connectivity index (χ4v) is 3.60. The van der Waals surface area contributed by atoms with Crippen molar-refractivity contribution in [2.45, 2.75) is 65.5 Å². The van der Waals surface area contributed by atoms with E-state index in [4.69, 9.17) is 0 Å². The molecule has 4 heteroatoms. The van der Waals surface area contributed by atoms with Gasteiger partial charge in [0.1, 0.15) is 0 Å². The molecule has 0 aliphatic carbocycles. The normalized spacial score (nSPS) is 16.2. The maximum atomic E-state index is 12.5. The van der Waals surface area contributed by atoms with Crippen molar-refractivity contribution in [3.63, 3.8) is 0 Å². The number of amides is 1. The predicted octanol–water partition coefficient (Wildman–Crippen LogP) is 3.92. The van der Waals surface area contributed by atoms with Crippen LogP contribution < -0.4 is 10.2 Å². The van der Waals surface area contributed by atoms with Crippen molar-refractivity contribution in [3.05, 3.63) is 29.8 Å².